The monoisotopic (exact) mass is 572 g/mol. The molecule has 0 spiro atoms. The third kappa shape index (κ3) is 9.31. The van der Waals surface area contributed by atoms with Crippen LogP contribution in [0, 0.1) is 5.92 Å². The number of ether oxygens (including phenoxy) is 2. The Hall–Kier alpha value is -1.55. The molecule has 1 saturated heterocycles. The fourth-order valence-electron chi connectivity index (χ4n) is 4.35. The molecule has 33 heavy (non-hydrogen) atoms. The van der Waals surface area contributed by atoms with Gasteiger partial charge in [-0.05, 0) is 55.7 Å². The highest BCUT2D eigenvalue weighted by Gasteiger charge is 2.24. The van der Waals surface area contributed by atoms with Crippen molar-refractivity contribution in [1.29, 1.82) is 0 Å². The molecule has 186 valence electrons. The smallest absolute Gasteiger partial charge is 0.243 e. The number of hydrogen-bond acceptors (Lipinski definition) is 4. The van der Waals surface area contributed by atoms with Crippen molar-refractivity contribution in [2.75, 3.05) is 54.0 Å². The number of carbonyl (C=O) groups is 1. The zero-order valence-corrected chi connectivity index (χ0v) is 22.8. The lowest BCUT2D eigenvalue weighted by molar-refractivity contribution is -0.127. The van der Waals surface area contributed by atoms with E-state index in [4.69, 9.17) is 9.47 Å². The zero-order chi connectivity index (χ0) is 22.8. The Morgan fingerprint density at radius 1 is 1.12 bits per heavy atom. The average Bonchev–Trinajstić information content (AvgIpc) is 3.34. The number of methoxy groups -OCH3 is 1. The first kappa shape index (κ1) is 27.7. The van der Waals surface area contributed by atoms with Crippen LogP contribution in [0.2, 0.25) is 0 Å². The lowest BCUT2D eigenvalue weighted by Crippen LogP contribution is -2.48. The molecule has 1 aliphatic heterocycles. The number of nitrogens with one attached hydrogen (secondary N) is 1. The van der Waals surface area contributed by atoms with Crippen molar-refractivity contribution < 1.29 is 14.3 Å². The highest BCUT2D eigenvalue weighted by molar-refractivity contribution is 14.0. The summed E-state index contributed by atoms with van der Waals surface area (Å²) in [7, 11) is 5.21. The Morgan fingerprint density at radius 3 is 2.39 bits per heavy atom. The fraction of sp³-hybridized carbons (Fsp3) is 0.680. The van der Waals surface area contributed by atoms with E-state index in [1.165, 1.54) is 31.2 Å². The second kappa shape index (κ2) is 14.7. The normalized spacial score (nSPS) is 17.5. The van der Waals surface area contributed by atoms with Crippen LogP contribution in [0.4, 0.5) is 0 Å². The van der Waals surface area contributed by atoms with Crippen molar-refractivity contribution >= 4 is 35.8 Å². The number of piperidine rings is 1. The van der Waals surface area contributed by atoms with E-state index >= 15 is 0 Å². The lowest BCUT2D eigenvalue weighted by Gasteiger charge is -2.34. The molecule has 7 nitrogen and oxygen atoms in total. The van der Waals surface area contributed by atoms with Gasteiger partial charge in [0.15, 0.2) is 5.96 Å². The minimum Gasteiger partial charge on any atom is -0.497 e. The molecular weight excluding hydrogens is 531 g/mol. The van der Waals surface area contributed by atoms with Gasteiger partial charge in [0.25, 0.3) is 0 Å². The Bertz CT molecular complexity index is 728. The second-order valence-electron chi connectivity index (χ2n) is 9.12. The van der Waals surface area contributed by atoms with Gasteiger partial charge < -0.3 is 24.6 Å². The van der Waals surface area contributed by atoms with Gasteiger partial charge >= 0.3 is 0 Å². The number of aliphatic imine (C=N–C) groups is 1. The molecule has 1 N–H and O–H groups in total. The number of halogens is 1. The van der Waals surface area contributed by atoms with Crippen LogP contribution >= 0.6 is 24.0 Å². The van der Waals surface area contributed by atoms with Crippen molar-refractivity contribution in [2.24, 2.45) is 10.9 Å². The maximum Gasteiger partial charge on any atom is 0.243 e. The van der Waals surface area contributed by atoms with Crippen LogP contribution in [-0.2, 0) is 16.0 Å². The summed E-state index contributed by atoms with van der Waals surface area (Å²) in [6.07, 6.45) is 8.62. The highest BCUT2D eigenvalue weighted by atomic mass is 127. The summed E-state index contributed by atoms with van der Waals surface area (Å²) in [6, 6.07) is 8.13. The summed E-state index contributed by atoms with van der Waals surface area (Å²) in [5.74, 6) is 2.46. The summed E-state index contributed by atoms with van der Waals surface area (Å²) >= 11 is 0. The van der Waals surface area contributed by atoms with E-state index in [9.17, 15) is 4.79 Å². The number of carbonyl (C=O) groups excluding carboxylic acids is 1. The maximum atomic E-state index is 12.1. The molecule has 1 saturated carbocycles. The SMILES string of the molecule is COc1ccc(CCNC(=NCC(=O)N(C)C)N2CCC(OCC3CCCC3)CC2)cc1.I. The number of benzene rings is 1. The van der Waals surface area contributed by atoms with Gasteiger partial charge in [0.05, 0.1) is 13.2 Å². The number of nitrogens with zero attached hydrogens (tertiary/aromatic N) is 3. The molecule has 0 bridgehead atoms. The van der Waals surface area contributed by atoms with E-state index in [0.717, 1.165) is 63.1 Å². The fourth-order valence-corrected chi connectivity index (χ4v) is 4.35. The number of guanidine groups is 1. The predicted octanol–water partition coefficient (Wildman–Crippen LogP) is 3.56. The quantitative estimate of drug-likeness (QED) is 0.279. The van der Waals surface area contributed by atoms with Crippen molar-refractivity contribution in [3.63, 3.8) is 0 Å². The minimum atomic E-state index is 0. The molecule has 3 rings (SSSR count). The van der Waals surface area contributed by atoms with Crippen LogP contribution in [-0.4, -0.2) is 81.8 Å². The standard InChI is InChI=1S/C25H40N4O3.HI/c1-28(2)24(30)18-27-25(26-15-12-20-8-10-22(31-3)11-9-20)29-16-13-23(14-17-29)32-19-21-6-4-5-7-21;/h8-11,21,23H,4-7,12-19H2,1-3H3,(H,26,27);1H. The number of rotatable bonds is 9. The molecule has 2 fully saturated rings. The molecule has 8 heteroatoms. The molecule has 1 heterocycles. The van der Waals surface area contributed by atoms with Crippen LogP contribution in [0.25, 0.3) is 0 Å². The first-order valence-corrected chi connectivity index (χ1v) is 12.0. The Kier molecular flexibility index (Phi) is 12.3. The zero-order valence-electron chi connectivity index (χ0n) is 20.4. The first-order chi connectivity index (χ1) is 15.5. The Balaban J connectivity index is 0.00000385. The van der Waals surface area contributed by atoms with Gasteiger partial charge in [0, 0.05) is 40.3 Å². The van der Waals surface area contributed by atoms with Crippen molar-refractivity contribution in [1.82, 2.24) is 15.1 Å². The van der Waals surface area contributed by atoms with E-state index in [-0.39, 0.29) is 36.4 Å². The molecular formula is C25H41IN4O3. The number of amides is 1. The van der Waals surface area contributed by atoms with E-state index < -0.39 is 0 Å². The summed E-state index contributed by atoms with van der Waals surface area (Å²) in [4.78, 5) is 20.6. The van der Waals surface area contributed by atoms with Gasteiger partial charge in [0.1, 0.15) is 12.3 Å². The third-order valence-electron chi connectivity index (χ3n) is 6.50. The summed E-state index contributed by atoms with van der Waals surface area (Å²) in [6.45, 7) is 3.65. The van der Waals surface area contributed by atoms with Crippen LogP contribution in [0.1, 0.15) is 44.1 Å². The number of likely N-dealkylation sites (tertiary alicyclic amines) is 1. The van der Waals surface area contributed by atoms with E-state index in [2.05, 4.69) is 27.3 Å². The van der Waals surface area contributed by atoms with Gasteiger partial charge in [-0.15, -0.1) is 24.0 Å². The first-order valence-electron chi connectivity index (χ1n) is 12.0. The van der Waals surface area contributed by atoms with Crippen LogP contribution in [0.3, 0.4) is 0 Å². The van der Waals surface area contributed by atoms with Crippen LogP contribution < -0.4 is 10.1 Å². The number of likely N-dealkylation sites (N-methyl/N-ethyl adjacent to an activating group) is 1. The largest absolute Gasteiger partial charge is 0.497 e. The highest BCUT2D eigenvalue weighted by Crippen LogP contribution is 2.26. The summed E-state index contributed by atoms with van der Waals surface area (Å²) in [5, 5.41) is 3.49. The topological polar surface area (TPSA) is 66.4 Å². The van der Waals surface area contributed by atoms with Gasteiger partial charge in [0.2, 0.25) is 5.91 Å². The van der Waals surface area contributed by atoms with Gasteiger partial charge in [-0.1, -0.05) is 25.0 Å². The molecule has 0 radical (unpaired) electrons. The molecule has 2 aliphatic rings. The maximum absolute atomic E-state index is 12.1. The summed E-state index contributed by atoms with van der Waals surface area (Å²) < 4.78 is 11.5. The molecule has 1 amide bonds. The number of hydrogen-bond donors (Lipinski definition) is 1. The van der Waals surface area contributed by atoms with E-state index in [0.29, 0.717) is 6.10 Å². The predicted molar refractivity (Wildman–Crippen MR) is 144 cm³/mol. The van der Waals surface area contributed by atoms with Crippen molar-refractivity contribution in [3.05, 3.63) is 29.8 Å². The van der Waals surface area contributed by atoms with Crippen LogP contribution in [0.5, 0.6) is 5.75 Å². The van der Waals surface area contributed by atoms with E-state index in [1.54, 1.807) is 26.1 Å². The Labute approximate surface area is 216 Å². The summed E-state index contributed by atoms with van der Waals surface area (Å²) in [5.41, 5.74) is 1.24. The van der Waals surface area contributed by atoms with E-state index in [1.807, 2.05) is 12.1 Å². The van der Waals surface area contributed by atoms with Crippen molar-refractivity contribution in [2.45, 2.75) is 51.0 Å². The lowest BCUT2D eigenvalue weighted by atomic mass is 10.1. The van der Waals surface area contributed by atoms with Crippen molar-refractivity contribution in [3.8, 4) is 5.75 Å². The molecule has 0 aromatic heterocycles. The Morgan fingerprint density at radius 2 is 1.79 bits per heavy atom. The van der Waals surface area contributed by atoms with Gasteiger partial charge in [-0.25, -0.2) is 4.99 Å². The molecule has 1 aliphatic carbocycles. The third-order valence-corrected chi connectivity index (χ3v) is 6.50. The van der Waals surface area contributed by atoms with Crippen LogP contribution in [0.15, 0.2) is 29.3 Å². The van der Waals surface area contributed by atoms with Gasteiger partial charge in [-0.2, -0.15) is 0 Å². The van der Waals surface area contributed by atoms with Gasteiger partial charge in [-0.3, -0.25) is 4.79 Å². The molecule has 1 aromatic carbocycles. The molecule has 0 atom stereocenters. The minimum absolute atomic E-state index is 0. The average molecular weight is 573 g/mol. The molecule has 1 aromatic rings. The molecule has 0 unspecified atom stereocenters. The second-order valence-corrected chi connectivity index (χ2v) is 9.12.